The number of hydrogen-bond donors (Lipinski definition) is 0. The van der Waals surface area contributed by atoms with Gasteiger partial charge in [-0.2, -0.15) is 0 Å². The average Bonchev–Trinajstić information content (AvgIpc) is 2.70. The molecule has 1 fully saturated rings. The minimum atomic E-state index is -2.01. The van der Waals surface area contributed by atoms with Crippen molar-refractivity contribution in [3.05, 3.63) is 0 Å². The molecule has 0 radical (unpaired) electrons. The van der Waals surface area contributed by atoms with Crippen LogP contribution >= 0.6 is 23.5 Å². The van der Waals surface area contributed by atoms with Gasteiger partial charge in [-0.05, 0) is 36.3 Å². The number of halogens is 2. The Balaban J connectivity index is 2.92. The third-order valence-corrected chi connectivity index (χ3v) is 15.6. The summed E-state index contributed by atoms with van der Waals surface area (Å²) in [6.45, 7) is 22.6. The van der Waals surface area contributed by atoms with Crippen LogP contribution in [0.4, 0.5) is 0 Å². The van der Waals surface area contributed by atoms with Gasteiger partial charge >= 0.3 is 0 Å². The van der Waals surface area contributed by atoms with Crippen molar-refractivity contribution in [1.82, 2.24) is 0 Å². The van der Waals surface area contributed by atoms with Crippen LogP contribution in [0.3, 0.4) is 0 Å². The van der Waals surface area contributed by atoms with Gasteiger partial charge in [0.1, 0.15) is 11.5 Å². The van der Waals surface area contributed by atoms with Crippen molar-refractivity contribution in [3.8, 4) is 0 Å². The molecule has 0 aromatic carbocycles. The molecule has 25 heavy (non-hydrogen) atoms. The van der Waals surface area contributed by atoms with E-state index in [4.69, 9.17) is 41.3 Å². The van der Waals surface area contributed by atoms with Gasteiger partial charge in [-0.25, -0.2) is 4.29 Å². The van der Waals surface area contributed by atoms with Gasteiger partial charge < -0.3 is 13.6 Å². The van der Waals surface area contributed by atoms with Crippen molar-refractivity contribution in [3.63, 3.8) is 0 Å². The molecule has 1 heterocycles. The summed E-state index contributed by atoms with van der Waals surface area (Å²) in [5.41, 5.74) is 0. The molecule has 1 saturated heterocycles. The number of rotatable bonds is 6. The second kappa shape index (κ2) is 8.07. The third-order valence-electron chi connectivity index (χ3n) is 5.99. The maximum Gasteiger partial charge on any atom is 0.196 e. The van der Waals surface area contributed by atoms with Crippen molar-refractivity contribution < 1.29 is 17.9 Å². The lowest BCUT2D eigenvalue weighted by Crippen LogP contribution is -2.50. The van der Waals surface area contributed by atoms with E-state index in [1.165, 1.54) is 0 Å². The highest BCUT2D eigenvalue weighted by Gasteiger charge is 2.51. The normalized spacial score (nSPS) is 29.3. The summed E-state index contributed by atoms with van der Waals surface area (Å²) < 4.78 is 23.7. The summed E-state index contributed by atoms with van der Waals surface area (Å²) >= 11 is 12.1. The van der Waals surface area contributed by atoms with E-state index >= 15 is 0 Å². The molecule has 0 aliphatic carbocycles. The van der Waals surface area contributed by atoms with Gasteiger partial charge in [-0.15, -0.1) is 11.6 Å². The molecule has 8 heteroatoms. The van der Waals surface area contributed by atoms with Crippen LogP contribution in [-0.4, -0.2) is 47.1 Å². The highest BCUT2D eigenvalue weighted by Crippen LogP contribution is 2.42. The molecule has 4 nitrogen and oxygen atoms in total. The minimum Gasteiger partial charge on any atom is -0.414 e. The Morgan fingerprint density at radius 2 is 1.40 bits per heavy atom. The molecule has 0 saturated carbocycles. The topological polar surface area (TPSA) is 36.9 Å². The van der Waals surface area contributed by atoms with Crippen LogP contribution in [0.15, 0.2) is 0 Å². The zero-order chi connectivity index (χ0) is 19.8. The van der Waals surface area contributed by atoms with Gasteiger partial charge in [0.05, 0.1) is 24.6 Å². The summed E-state index contributed by atoms with van der Waals surface area (Å²) in [5.74, 6) is 0. The minimum absolute atomic E-state index is 0.0777. The van der Waals surface area contributed by atoms with Crippen LogP contribution in [0.25, 0.3) is 0 Å². The van der Waals surface area contributed by atoms with Crippen molar-refractivity contribution in [1.29, 1.82) is 0 Å². The van der Waals surface area contributed by atoms with Crippen molar-refractivity contribution in [2.75, 3.05) is 6.61 Å². The maximum absolute atomic E-state index is 6.55. The average molecular weight is 432 g/mol. The molecule has 0 aromatic rings. The van der Waals surface area contributed by atoms with E-state index in [1.807, 2.05) is 0 Å². The molecule has 1 unspecified atom stereocenters. The largest absolute Gasteiger partial charge is 0.414 e. The van der Waals surface area contributed by atoms with E-state index in [1.54, 1.807) is 0 Å². The Morgan fingerprint density at radius 1 is 0.920 bits per heavy atom. The lowest BCUT2D eigenvalue weighted by atomic mass is 10.2. The van der Waals surface area contributed by atoms with Crippen LogP contribution in [-0.2, 0) is 17.9 Å². The standard InChI is InChI=1S/C17H36Cl2O4Si2/c1-16(2,3)24(7,8)20-11-12-14(13(18)15(21-12)22-19)23-25(9,10)17(4,5)6/h12-15H,11H2,1-10H3/t12-,13-,14-,15?/m1/s1. The third kappa shape index (κ3) is 5.67. The molecule has 150 valence electrons. The number of ether oxygens (including phenoxy) is 1. The lowest BCUT2D eigenvalue weighted by molar-refractivity contribution is -0.0870. The molecule has 0 spiro atoms. The fraction of sp³-hybridized carbons (Fsp3) is 1.00. The first kappa shape index (κ1) is 23.9. The number of hydrogen-bond acceptors (Lipinski definition) is 4. The second-order valence-corrected chi connectivity index (χ2v) is 20.2. The van der Waals surface area contributed by atoms with Crippen molar-refractivity contribution in [2.24, 2.45) is 0 Å². The summed E-state index contributed by atoms with van der Waals surface area (Å²) in [6.07, 6.45) is -1.27. The SMILES string of the molecule is CC(C)(C)[Si](C)(C)OC[C@H]1OC(OCl)[C@H](Cl)[C@@H]1O[Si](C)(C)C(C)(C)C. The quantitative estimate of drug-likeness (QED) is 0.387. The van der Waals surface area contributed by atoms with Crippen LogP contribution in [0.1, 0.15) is 41.5 Å². The Hall–Kier alpha value is 0.854. The molecular weight excluding hydrogens is 395 g/mol. The van der Waals surface area contributed by atoms with Crippen LogP contribution in [0.2, 0.25) is 36.3 Å². The van der Waals surface area contributed by atoms with Crippen molar-refractivity contribution in [2.45, 2.75) is 102 Å². The molecule has 0 amide bonds. The van der Waals surface area contributed by atoms with Gasteiger partial charge in [-0.3, -0.25) is 0 Å². The Labute approximate surface area is 166 Å². The fourth-order valence-electron chi connectivity index (χ4n) is 2.05. The predicted octanol–water partition coefficient (Wildman–Crippen LogP) is 5.90. The first-order valence-corrected chi connectivity index (χ1v) is 15.5. The van der Waals surface area contributed by atoms with Crippen molar-refractivity contribution >= 4 is 40.1 Å². The first-order chi connectivity index (χ1) is 11.0. The molecule has 0 N–H and O–H groups in total. The zero-order valence-electron chi connectivity index (χ0n) is 17.4. The van der Waals surface area contributed by atoms with Crippen LogP contribution in [0.5, 0.6) is 0 Å². The molecule has 4 atom stereocenters. The molecule has 1 rings (SSSR count). The van der Waals surface area contributed by atoms with Gasteiger partial charge in [-0.1, -0.05) is 41.5 Å². The lowest BCUT2D eigenvalue weighted by Gasteiger charge is -2.41. The van der Waals surface area contributed by atoms with Gasteiger partial charge in [0.2, 0.25) is 0 Å². The summed E-state index contributed by atoms with van der Waals surface area (Å²) in [4.78, 5) is 0. The fourth-order valence-corrected chi connectivity index (χ4v) is 5.02. The highest BCUT2D eigenvalue weighted by molar-refractivity contribution is 6.74. The van der Waals surface area contributed by atoms with Gasteiger partial charge in [0.15, 0.2) is 22.9 Å². The van der Waals surface area contributed by atoms with E-state index in [0.29, 0.717) is 6.61 Å². The summed E-state index contributed by atoms with van der Waals surface area (Å²) in [6, 6.07) is 0. The Kier molecular flexibility index (Phi) is 7.72. The van der Waals surface area contributed by atoms with E-state index < -0.39 is 28.3 Å². The molecule has 0 aromatic heterocycles. The zero-order valence-corrected chi connectivity index (χ0v) is 20.9. The van der Waals surface area contributed by atoms with E-state index in [9.17, 15) is 0 Å². The monoisotopic (exact) mass is 430 g/mol. The first-order valence-electron chi connectivity index (χ1n) is 8.92. The Bertz CT molecular complexity index is 447. The predicted molar refractivity (Wildman–Crippen MR) is 110 cm³/mol. The highest BCUT2D eigenvalue weighted by atomic mass is 35.5. The van der Waals surface area contributed by atoms with Gasteiger partial charge in [0.25, 0.3) is 0 Å². The molecule has 1 aliphatic rings. The number of alkyl halides is 1. The molecule has 0 bridgehead atoms. The smallest absolute Gasteiger partial charge is 0.196 e. The maximum atomic E-state index is 6.55. The van der Waals surface area contributed by atoms with Crippen LogP contribution < -0.4 is 0 Å². The van der Waals surface area contributed by atoms with E-state index in [0.717, 1.165) is 0 Å². The summed E-state index contributed by atoms with van der Waals surface area (Å²) in [5, 5.41) is -0.252. The summed E-state index contributed by atoms with van der Waals surface area (Å²) in [7, 11) is -3.91. The van der Waals surface area contributed by atoms with E-state index in [2.05, 4.69) is 67.7 Å². The molecule has 1 aliphatic heterocycles. The van der Waals surface area contributed by atoms with Crippen LogP contribution in [0, 0.1) is 0 Å². The Morgan fingerprint density at radius 3 is 1.80 bits per heavy atom. The van der Waals surface area contributed by atoms with E-state index in [-0.39, 0.29) is 22.3 Å². The molecular formula is C17H36Cl2O4Si2. The van der Waals surface area contributed by atoms with Gasteiger partial charge in [0, 0.05) is 0 Å². The second-order valence-electron chi connectivity index (χ2n) is 9.99.